The van der Waals surface area contributed by atoms with Gasteiger partial charge in [0.05, 0.1) is 6.61 Å². The van der Waals surface area contributed by atoms with Crippen LogP contribution in [-0.4, -0.2) is 38.5 Å². The zero-order chi connectivity index (χ0) is 13.1. The van der Waals surface area contributed by atoms with Gasteiger partial charge in [0.2, 0.25) is 0 Å². The molecule has 1 aromatic carbocycles. The Morgan fingerprint density at radius 2 is 1.78 bits per heavy atom. The molecule has 0 atom stereocenters. The maximum absolute atomic E-state index is 8.66. The van der Waals surface area contributed by atoms with Gasteiger partial charge in [-0.15, -0.1) is 0 Å². The molecule has 4 nitrogen and oxygen atoms in total. The predicted molar refractivity (Wildman–Crippen MR) is 72.3 cm³/mol. The summed E-state index contributed by atoms with van der Waals surface area (Å²) in [6.07, 6.45) is 2.80. The number of rotatable bonds is 10. The normalized spacial score (nSPS) is 10.3. The van der Waals surface area contributed by atoms with Crippen LogP contribution in [0.2, 0.25) is 0 Å². The summed E-state index contributed by atoms with van der Waals surface area (Å²) in [5, 5.41) is 11.7. The number of unbranched alkanes of at least 4 members (excludes halogenated alkanes) is 2. The number of likely N-dealkylation sites (N-methyl/N-ethyl adjacent to an activating group) is 1. The minimum absolute atomic E-state index is 0.259. The van der Waals surface area contributed by atoms with Gasteiger partial charge < -0.3 is 19.9 Å². The number of nitrogens with one attached hydrogen (secondary N) is 1. The highest BCUT2D eigenvalue weighted by Gasteiger charge is 1.98. The lowest BCUT2D eigenvalue weighted by Gasteiger charge is -2.09. The Kier molecular flexibility index (Phi) is 8.01. The van der Waals surface area contributed by atoms with E-state index in [1.165, 1.54) is 0 Å². The fraction of sp³-hybridized carbons (Fsp3) is 0.571. The molecule has 0 fully saturated rings. The third kappa shape index (κ3) is 6.47. The molecule has 2 N–H and O–H groups in total. The van der Waals surface area contributed by atoms with Crippen molar-refractivity contribution >= 4 is 0 Å². The van der Waals surface area contributed by atoms with Gasteiger partial charge in [0.1, 0.15) is 18.1 Å². The first-order chi connectivity index (χ1) is 8.86. The fourth-order valence-corrected chi connectivity index (χ4v) is 1.51. The summed E-state index contributed by atoms with van der Waals surface area (Å²) in [5.74, 6) is 1.67. The van der Waals surface area contributed by atoms with Crippen molar-refractivity contribution in [2.24, 2.45) is 0 Å². The second kappa shape index (κ2) is 9.74. The Bertz CT molecular complexity index is 318. The van der Waals surface area contributed by atoms with Gasteiger partial charge in [-0.1, -0.05) is 6.07 Å². The van der Waals surface area contributed by atoms with E-state index in [1.807, 2.05) is 31.3 Å². The molecule has 18 heavy (non-hydrogen) atoms. The average Bonchev–Trinajstić information content (AvgIpc) is 2.39. The van der Waals surface area contributed by atoms with E-state index in [4.69, 9.17) is 14.6 Å². The molecular weight excluding hydrogens is 230 g/mol. The summed E-state index contributed by atoms with van der Waals surface area (Å²) in [4.78, 5) is 0. The van der Waals surface area contributed by atoms with Crippen LogP contribution in [0.25, 0.3) is 0 Å². The third-order valence-corrected chi connectivity index (χ3v) is 2.50. The number of hydrogen-bond donors (Lipinski definition) is 2. The molecule has 4 heteroatoms. The van der Waals surface area contributed by atoms with Crippen LogP contribution < -0.4 is 14.8 Å². The molecule has 0 aliphatic carbocycles. The van der Waals surface area contributed by atoms with Gasteiger partial charge in [0, 0.05) is 19.2 Å². The molecule has 0 saturated heterocycles. The molecule has 0 saturated carbocycles. The summed E-state index contributed by atoms with van der Waals surface area (Å²) in [5.41, 5.74) is 0. The second-order valence-electron chi connectivity index (χ2n) is 4.06. The summed E-state index contributed by atoms with van der Waals surface area (Å²) in [7, 11) is 1.90. The van der Waals surface area contributed by atoms with E-state index in [2.05, 4.69) is 5.32 Å². The molecule has 0 radical (unpaired) electrons. The Balaban J connectivity index is 2.26. The molecule has 0 aromatic heterocycles. The van der Waals surface area contributed by atoms with Gasteiger partial charge >= 0.3 is 0 Å². The zero-order valence-electron chi connectivity index (χ0n) is 11.0. The van der Waals surface area contributed by atoms with Crippen molar-refractivity contribution in [3.8, 4) is 11.5 Å². The van der Waals surface area contributed by atoms with Crippen LogP contribution in [0.1, 0.15) is 19.3 Å². The van der Waals surface area contributed by atoms with E-state index in [1.54, 1.807) is 0 Å². The first kappa shape index (κ1) is 14.8. The first-order valence-electron chi connectivity index (χ1n) is 6.48. The molecule has 1 rings (SSSR count). The van der Waals surface area contributed by atoms with Gasteiger partial charge in [0.15, 0.2) is 0 Å². The van der Waals surface area contributed by atoms with Crippen molar-refractivity contribution in [1.82, 2.24) is 5.32 Å². The van der Waals surface area contributed by atoms with Crippen LogP contribution >= 0.6 is 0 Å². The van der Waals surface area contributed by atoms with E-state index < -0.39 is 0 Å². The quantitative estimate of drug-likeness (QED) is 0.625. The largest absolute Gasteiger partial charge is 0.493 e. The van der Waals surface area contributed by atoms with Crippen LogP contribution in [-0.2, 0) is 0 Å². The molecular formula is C14H23NO3. The van der Waals surface area contributed by atoms with Crippen molar-refractivity contribution < 1.29 is 14.6 Å². The fourth-order valence-electron chi connectivity index (χ4n) is 1.51. The van der Waals surface area contributed by atoms with Crippen LogP contribution in [0.4, 0.5) is 0 Å². The highest BCUT2D eigenvalue weighted by molar-refractivity contribution is 5.32. The SMILES string of the molecule is CNCCOc1cccc(OCCCCCO)c1. The molecule has 0 spiro atoms. The number of aliphatic hydroxyl groups is 1. The van der Waals surface area contributed by atoms with E-state index in [-0.39, 0.29) is 6.61 Å². The maximum atomic E-state index is 8.66. The molecule has 0 aliphatic rings. The van der Waals surface area contributed by atoms with E-state index in [9.17, 15) is 0 Å². The van der Waals surface area contributed by atoms with Gasteiger partial charge in [-0.25, -0.2) is 0 Å². The number of aliphatic hydroxyl groups excluding tert-OH is 1. The molecule has 0 heterocycles. The van der Waals surface area contributed by atoms with Crippen molar-refractivity contribution in [2.75, 3.05) is 33.4 Å². The minimum Gasteiger partial charge on any atom is -0.493 e. The number of ether oxygens (including phenoxy) is 2. The summed E-state index contributed by atoms with van der Waals surface area (Å²) < 4.78 is 11.2. The van der Waals surface area contributed by atoms with Crippen molar-refractivity contribution in [3.05, 3.63) is 24.3 Å². The lowest BCUT2D eigenvalue weighted by atomic mass is 10.2. The minimum atomic E-state index is 0.259. The lowest BCUT2D eigenvalue weighted by Crippen LogP contribution is -2.15. The van der Waals surface area contributed by atoms with Gasteiger partial charge in [0.25, 0.3) is 0 Å². The third-order valence-electron chi connectivity index (χ3n) is 2.50. The smallest absolute Gasteiger partial charge is 0.123 e. The highest BCUT2D eigenvalue weighted by Crippen LogP contribution is 2.19. The first-order valence-corrected chi connectivity index (χ1v) is 6.48. The second-order valence-corrected chi connectivity index (χ2v) is 4.06. The van der Waals surface area contributed by atoms with E-state index in [0.29, 0.717) is 13.2 Å². The van der Waals surface area contributed by atoms with Gasteiger partial charge in [-0.05, 0) is 38.4 Å². The van der Waals surface area contributed by atoms with Gasteiger partial charge in [-0.2, -0.15) is 0 Å². The Morgan fingerprint density at radius 1 is 1.06 bits per heavy atom. The van der Waals surface area contributed by atoms with Crippen LogP contribution in [0, 0.1) is 0 Å². The molecule has 0 unspecified atom stereocenters. The Morgan fingerprint density at radius 3 is 2.44 bits per heavy atom. The average molecular weight is 253 g/mol. The molecule has 0 aliphatic heterocycles. The molecule has 0 bridgehead atoms. The predicted octanol–water partition coefficient (Wildman–Crippen LogP) is 1.83. The highest BCUT2D eigenvalue weighted by atomic mass is 16.5. The molecule has 1 aromatic rings. The van der Waals surface area contributed by atoms with E-state index in [0.717, 1.165) is 37.3 Å². The Hall–Kier alpha value is -1.26. The van der Waals surface area contributed by atoms with Crippen LogP contribution in [0.3, 0.4) is 0 Å². The summed E-state index contributed by atoms with van der Waals surface area (Å²) >= 11 is 0. The van der Waals surface area contributed by atoms with Crippen LogP contribution in [0.15, 0.2) is 24.3 Å². The lowest BCUT2D eigenvalue weighted by molar-refractivity contribution is 0.265. The monoisotopic (exact) mass is 253 g/mol. The standard InChI is InChI=1S/C14H23NO3/c1-15-8-11-18-14-7-5-6-13(12-14)17-10-4-2-3-9-16/h5-7,12,15-16H,2-4,8-11H2,1H3. The zero-order valence-corrected chi connectivity index (χ0v) is 11.0. The number of benzene rings is 1. The van der Waals surface area contributed by atoms with Crippen LogP contribution in [0.5, 0.6) is 11.5 Å². The summed E-state index contributed by atoms with van der Waals surface area (Å²) in [6.45, 7) is 2.41. The van der Waals surface area contributed by atoms with Gasteiger partial charge in [-0.3, -0.25) is 0 Å². The Labute approximate surface area is 109 Å². The van der Waals surface area contributed by atoms with Crippen molar-refractivity contribution in [1.29, 1.82) is 0 Å². The van der Waals surface area contributed by atoms with Crippen molar-refractivity contribution in [2.45, 2.75) is 19.3 Å². The maximum Gasteiger partial charge on any atom is 0.123 e. The van der Waals surface area contributed by atoms with Crippen molar-refractivity contribution in [3.63, 3.8) is 0 Å². The van der Waals surface area contributed by atoms with E-state index >= 15 is 0 Å². The number of hydrogen-bond acceptors (Lipinski definition) is 4. The molecule has 0 amide bonds. The molecule has 102 valence electrons. The summed E-state index contributed by atoms with van der Waals surface area (Å²) in [6, 6.07) is 7.69. The topological polar surface area (TPSA) is 50.7 Å².